The van der Waals surface area contributed by atoms with Crippen molar-refractivity contribution in [1.82, 2.24) is 5.32 Å². The summed E-state index contributed by atoms with van der Waals surface area (Å²) >= 11 is 0. The summed E-state index contributed by atoms with van der Waals surface area (Å²) < 4.78 is 27.8. The number of nitrogens with one attached hydrogen (secondary N) is 1. The maximum Gasteiger partial charge on any atom is 0.147 e. The first kappa shape index (κ1) is 18.0. The molecule has 0 amide bonds. The van der Waals surface area contributed by atoms with E-state index in [1.54, 1.807) is 0 Å². The van der Waals surface area contributed by atoms with E-state index in [-0.39, 0.29) is 5.75 Å². The van der Waals surface area contributed by atoms with Crippen molar-refractivity contribution in [2.45, 2.75) is 39.7 Å². The van der Waals surface area contributed by atoms with Crippen LogP contribution in [0.5, 0.6) is 5.75 Å². The van der Waals surface area contributed by atoms with Gasteiger partial charge in [-0.25, -0.2) is 8.42 Å². The van der Waals surface area contributed by atoms with E-state index in [0.717, 1.165) is 24.3 Å². The van der Waals surface area contributed by atoms with Gasteiger partial charge in [-0.2, -0.15) is 0 Å². The third-order valence-electron chi connectivity index (χ3n) is 3.32. The molecule has 1 unspecified atom stereocenters. The van der Waals surface area contributed by atoms with Gasteiger partial charge in [0.15, 0.2) is 0 Å². The molecule has 120 valence electrons. The molecule has 0 saturated carbocycles. The van der Waals surface area contributed by atoms with Crippen molar-refractivity contribution in [2.75, 3.05) is 25.2 Å². The summed E-state index contributed by atoms with van der Waals surface area (Å²) in [7, 11) is -2.90. The normalized spacial score (nSPS) is 13.1. The number of benzene rings is 1. The van der Waals surface area contributed by atoms with Crippen LogP contribution in [-0.4, -0.2) is 33.6 Å². The molecule has 1 rings (SSSR count). The topological polar surface area (TPSA) is 55.4 Å². The first-order chi connectivity index (χ1) is 9.83. The van der Waals surface area contributed by atoms with Gasteiger partial charge in [0.05, 0.1) is 12.4 Å². The Balaban J connectivity index is 2.54. The van der Waals surface area contributed by atoms with Crippen LogP contribution in [0.15, 0.2) is 18.2 Å². The van der Waals surface area contributed by atoms with Gasteiger partial charge in [-0.05, 0) is 50.4 Å². The maximum absolute atomic E-state index is 11.1. The van der Waals surface area contributed by atoms with E-state index < -0.39 is 9.84 Å². The molecule has 1 aromatic carbocycles. The monoisotopic (exact) mass is 313 g/mol. The summed E-state index contributed by atoms with van der Waals surface area (Å²) in [6, 6.07) is 6.48. The maximum atomic E-state index is 11.1. The molecule has 0 heterocycles. The van der Waals surface area contributed by atoms with Gasteiger partial charge in [-0.15, -0.1) is 0 Å². The molecule has 0 saturated heterocycles. The van der Waals surface area contributed by atoms with Crippen LogP contribution in [0.4, 0.5) is 0 Å². The van der Waals surface area contributed by atoms with E-state index in [2.05, 4.69) is 31.3 Å². The smallest absolute Gasteiger partial charge is 0.147 e. The first-order valence-corrected chi connectivity index (χ1v) is 9.54. The number of hydrogen-bond donors (Lipinski definition) is 1. The molecule has 0 aromatic heterocycles. The summed E-state index contributed by atoms with van der Waals surface area (Å²) in [5.41, 5.74) is 2.32. The fourth-order valence-corrected chi connectivity index (χ4v) is 2.73. The number of ether oxygens (including phenoxy) is 1. The van der Waals surface area contributed by atoms with Gasteiger partial charge in [0.2, 0.25) is 0 Å². The first-order valence-electron chi connectivity index (χ1n) is 7.48. The van der Waals surface area contributed by atoms with Gasteiger partial charge in [-0.3, -0.25) is 0 Å². The van der Waals surface area contributed by atoms with E-state index in [1.807, 2.05) is 13.0 Å². The Bertz CT molecular complexity index is 540. The fraction of sp³-hybridized carbons (Fsp3) is 0.625. The van der Waals surface area contributed by atoms with Crippen LogP contribution < -0.4 is 10.1 Å². The lowest BCUT2D eigenvalue weighted by atomic mass is 10.0. The minimum absolute atomic E-state index is 0.169. The summed E-state index contributed by atoms with van der Waals surface area (Å²) in [6.45, 7) is 7.75. The van der Waals surface area contributed by atoms with Crippen LogP contribution >= 0.6 is 0 Å². The van der Waals surface area contributed by atoms with Gasteiger partial charge >= 0.3 is 0 Å². The van der Waals surface area contributed by atoms with Crippen LogP contribution in [0.1, 0.15) is 43.9 Å². The average molecular weight is 313 g/mol. The Kier molecular flexibility index (Phi) is 7.18. The van der Waals surface area contributed by atoms with Gasteiger partial charge in [0.25, 0.3) is 0 Å². The van der Waals surface area contributed by atoms with Crippen molar-refractivity contribution in [3.05, 3.63) is 29.3 Å². The number of sulfone groups is 1. The second-order valence-corrected chi connectivity index (χ2v) is 7.79. The van der Waals surface area contributed by atoms with Crippen molar-refractivity contribution < 1.29 is 13.2 Å². The Morgan fingerprint density at radius 1 is 1.33 bits per heavy atom. The standard InChI is InChI=1S/C16H27NO3S/c1-5-9-17-14(3)15-7-8-16(13(2)12-15)20-10-6-11-21(4,18)19/h7-8,12,14,17H,5-6,9-11H2,1-4H3. The van der Waals surface area contributed by atoms with Crippen molar-refractivity contribution in [2.24, 2.45) is 0 Å². The third kappa shape index (κ3) is 6.96. The third-order valence-corrected chi connectivity index (χ3v) is 4.35. The summed E-state index contributed by atoms with van der Waals surface area (Å²) in [5.74, 6) is 0.997. The predicted octanol–water partition coefficient (Wildman–Crippen LogP) is 2.87. The van der Waals surface area contributed by atoms with Crippen molar-refractivity contribution in [1.29, 1.82) is 0 Å². The highest BCUT2D eigenvalue weighted by Gasteiger charge is 2.08. The second kappa shape index (κ2) is 8.39. The van der Waals surface area contributed by atoms with Crippen molar-refractivity contribution >= 4 is 9.84 Å². The highest BCUT2D eigenvalue weighted by Crippen LogP contribution is 2.23. The number of rotatable bonds is 9. The second-order valence-electron chi connectivity index (χ2n) is 5.53. The minimum Gasteiger partial charge on any atom is -0.493 e. The minimum atomic E-state index is -2.90. The fourth-order valence-electron chi connectivity index (χ4n) is 2.09. The summed E-state index contributed by atoms with van der Waals surface area (Å²) in [5, 5.41) is 3.46. The van der Waals surface area contributed by atoms with Crippen LogP contribution in [-0.2, 0) is 9.84 Å². The van der Waals surface area contributed by atoms with Crippen LogP contribution in [0.3, 0.4) is 0 Å². The molecule has 0 radical (unpaired) electrons. The predicted molar refractivity (Wildman–Crippen MR) is 87.7 cm³/mol. The molecule has 0 aliphatic rings. The Morgan fingerprint density at radius 3 is 2.62 bits per heavy atom. The van der Waals surface area contributed by atoms with Gasteiger partial charge in [0, 0.05) is 12.3 Å². The van der Waals surface area contributed by atoms with Crippen LogP contribution in [0, 0.1) is 6.92 Å². The van der Waals surface area contributed by atoms with Crippen molar-refractivity contribution in [3.63, 3.8) is 0 Å². The molecule has 0 fully saturated rings. The zero-order valence-electron chi connectivity index (χ0n) is 13.5. The molecule has 0 bridgehead atoms. The molecular formula is C16H27NO3S. The van der Waals surface area contributed by atoms with E-state index in [4.69, 9.17) is 4.74 Å². The zero-order valence-corrected chi connectivity index (χ0v) is 14.3. The molecule has 0 aliphatic carbocycles. The van der Waals surface area contributed by atoms with E-state index >= 15 is 0 Å². The SMILES string of the molecule is CCCNC(C)c1ccc(OCCCS(C)(=O)=O)c(C)c1. The van der Waals surface area contributed by atoms with E-state index in [1.165, 1.54) is 11.8 Å². The van der Waals surface area contributed by atoms with Gasteiger partial charge in [-0.1, -0.05) is 19.1 Å². The lowest BCUT2D eigenvalue weighted by molar-refractivity contribution is 0.315. The van der Waals surface area contributed by atoms with E-state index in [9.17, 15) is 8.42 Å². The molecule has 1 atom stereocenters. The van der Waals surface area contributed by atoms with Gasteiger partial charge in [0.1, 0.15) is 15.6 Å². The lowest BCUT2D eigenvalue weighted by Crippen LogP contribution is -2.19. The molecule has 21 heavy (non-hydrogen) atoms. The summed E-state index contributed by atoms with van der Waals surface area (Å²) in [6.07, 6.45) is 2.89. The largest absolute Gasteiger partial charge is 0.493 e. The van der Waals surface area contributed by atoms with Crippen LogP contribution in [0.25, 0.3) is 0 Å². The lowest BCUT2D eigenvalue weighted by Gasteiger charge is -2.16. The Morgan fingerprint density at radius 2 is 2.05 bits per heavy atom. The van der Waals surface area contributed by atoms with Crippen molar-refractivity contribution in [3.8, 4) is 5.75 Å². The van der Waals surface area contributed by atoms with Gasteiger partial charge < -0.3 is 10.1 Å². The molecule has 1 N–H and O–H groups in total. The Labute approximate surface area is 128 Å². The van der Waals surface area contributed by atoms with E-state index in [0.29, 0.717) is 19.1 Å². The number of aryl methyl sites for hydroxylation is 1. The zero-order chi connectivity index (χ0) is 15.9. The molecular weight excluding hydrogens is 286 g/mol. The van der Waals surface area contributed by atoms with Crippen LogP contribution in [0.2, 0.25) is 0 Å². The summed E-state index contributed by atoms with van der Waals surface area (Å²) in [4.78, 5) is 0. The molecule has 0 aliphatic heterocycles. The average Bonchev–Trinajstić information content (AvgIpc) is 2.41. The Hall–Kier alpha value is -1.07. The number of hydrogen-bond acceptors (Lipinski definition) is 4. The molecule has 0 spiro atoms. The molecule has 4 nitrogen and oxygen atoms in total. The highest BCUT2D eigenvalue weighted by molar-refractivity contribution is 7.90. The molecule has 1 aromatic rings. The molecule has 5 heteroatoms. The highest BCUT2D eigenvalue weighted by atomic mass is 32.2. The quantitative estimate of drug-likeness (QED) is 0.712.